The molecule has 3 aromatic carbocycles. The van der Waals surface area contributed by atoms with Gasteiger partial charge in [0.1, 0.15) is 5.75 Å². The van der Waals surface area contributed by atoms with Crippen LogP contribution in [-0.2, 0) is 16.4 Å². The maximum absolute atomic E-state index is 13.0. The van der Waals surface area contributed by atoms with E-state index < -0.39 is 14.9 Å². The molecule has 4 rings (SSSR count). The lowest BCUT2D eigenvalue weighted by atomic mass is 9.87. The molecule has 0 aliphatic heterocycles. The Morgan fingerprint density at radius 1 is 1.09 bits per heavy atom. The summed E-state index contributed by atoms with van der Waals surface area (Å²) in [4.78, 5) is 23.3. The van der Waals surface area contributed by atoms with Gasteiger partial charge in [-0.1, -0.05) is 30.3 Å². The van der Waals surface area contributed by atoms with Crippen LogP contribution >= 0.6 is 0 Å². The lowest BCUT2D eigenvalue weighted by Crippen LogP contribution is -2.31. The minimum atomic E-state index is -4.16. The van der Waals surface area contributed by atoms with Crippen molar-refractivity contribution in [2.24, 2.45) is 0 Å². The van der Waals surface area contributed by atoms with Crippen molar-refractivity contribution in [1.29, 1.82) is 0 Å². The van der Waals surface area contributed by atoms with Gasteiger partial charge < -0.3 is 10.1 Å². The first-order chi connectivity index (χ1) is 16.3. The SMILES string of the molecule is COc1ccc([N+](=O)[O-])cc1NS(=O)(=O)c1cccc(C(=O)N[C@@H]2CCCc3ccccc32)c1. The van der Waals surface area contributed by atoms with Gasteiger partial charge in [0, 0.05) is 17.7 Å². The number of benzene rings is 3. The van der Waals surface area contributed by atoms with Crippen LogP contribution in [0.2, 0.25) is 0 Å². The van der Waals surface area contributed by atoms with Crippen molar-refractivity contribution in [3.63, 3.8) is 0 Å². The van der Waals surface area contributed by atoms with E-state index in [2.05, 4.69) is 16.1 Å². The molecule has 0 heterocycles. The summed E-state index contributed by atoms with van der Waals surface area (Å²) < 4.78 is 33.5. The number of amides is 1. The molecule has 0 aromatic heterocycles. The summed E-state index contributed by atoms with van der Waals surface area (Å²) in [5.41, 5.74) is 2.09. The Morgan fingerprint density at radius 2 is 1.88 bits per heavy atom. The first-order valence-electron chi connectivity index (χ1n) is 10.6. The highest BCUT2D eigenvalue weighted by molar-refractivity contribution is 7.92. The zero-order valence-corrected chi connectivity index (χ0v) is 19.2. The minimum absolute atomic E-state index is 0.0784. The van der Waals surface area contributed by atoms with Gasteiger partial charge in [0.2, 0.25) is 0 Å². The maximum Gasteiger partial charge on any atom is 0.271 e. The van der Waals surface area contributed by atoms with Gasteiger partial charge in [-0.2, -0.15) is 0 Å². The largest absolute Gasteiger partial charge is 0.495 e. The van der Waals surface area contributed by atoms with Gasteiger partial charge >= 0.3 is 0 Å². The number of hydrogen-bond donors (Lipinski definition) is 2. The highest BCUT2D eigenvalue weighted by Crippen LogP contribution is 2.32. The normalized spacial score (nSPS) is 15.1. The molecular weight excluding hydrogens is 458 g/mol. The summed E-state index contributed by atoms with van der Waals surface area (Å²) in [6, 6.07) is 17.0. The van der Waals surface area contributed by atoms with Crippen molar-refractivity contribution in [3.8, 4) is 5.75 Å². The molecule has 10 heteroatoms. The number of carbonyl (C=O) groups is 1. The molecule has 0 spiro atoms. The maximum atomic E-state index is 13.0. The molecule has 0 bridgehead atoms. The Kier molecular flexibility index (Phi) is 6.51. The van der Waals surface area contributed by atoms with E-state index in [1.165, 1.54) is 49.1 Å². The predicted octanol–water partition coefficient (Wildman–Crippen LogP) is 4.21. The van der Waals surface area contributed by atoms with Crippen LogP contribution < -0.4 is 14.8 Å². The Labute approximate surface area is 197 Å². The number of fused-ring (bicyclic) bond motifs is 1. The van der Waals surface area contributed by atoms with Crippen molar-refractivity contribution in [2.75, 3.05) is 11.8 Å². The van der Waals surface area contributed by atoms with Gasteiger partial charge in [-0.05, 0) is 54.7 Å². The third kappa shape index (κ3) is 4.86. The summed E-state index contributed by atoms with van der Waals surface area (Å²) >= 11 is 0. The zero-order valence-electron chi connectivity index (χ0n) is 18.4. The molecule has 0 fully saturated rings. The van der Waals surface area contributed by atoms with Crippen molar-refractivity contribution in [1.82, 2.24) is 5.32 Å². The zero-order chi connectivity index (χ0) is 24.3. The molecule has 0 saturated carbocycles. The van der Waals surface area contributed by atoms with E-state index in [9.17, 15) is 23.3 Å². The lowest BCUT2D eigenvalue weighted by Gasteiger charge is -2.26. The van der Waals surface area contributed by atoms with Gasteiger partial charge in [0.05, 0.1) is 28.7 Å². The number of carbonyl (C=O) groups excluding carboxylic acids is 1. The number of ether oxygens (including phenoxy) is 1. The second kappa shape index (κ2) is 9.52. The van der Waals surface area contributed by atoms with Crippen molar-refractivity contribution >= 4 is 27.3 Å². The summed E-state index contributed by atoms with van der Waals surface area (Å²) in [5, 5.41) is 14.1. The number of aryl methyl sites for hydroxylation is 1. The lowest BCUT2D eigenvalue weighted by molar-refractivity contribution is -0.384. The number of methoxy groups -OCH3 is 1. The minimum Gasteiger partial charge on any atom is -0.495 e. The Morgan fingerprint density at radius 3 is 2.65 bits per heavy atom. The van der Waals surface area contributed by atoms with Gasteiger partial charge in [0.15, 0.2) is 0 Å². The third-order valence-corrected chi connectivity index (χ3v) is 7.08. The van der Waals surface area contributed by atoms with Crippen LogP contribution in [-0.4, -0.2) is 26.4 Å². The number of rotatable bonds is 7. The molecule has 1 amide bonds. The van der Waals surface area contributed by atoms with E-state index in [4.69, 9.17) is 4.74 Å². The van der Waals surface area contributed by atoms with Crippen molar-refractivity contribution in [2.45, 2.75) is 30.2 Å². The van der Waals surface area contributed by atoms with E-state index in [-0.39, 0.29) is 39.5 Å². The highest BCUT2D eigenvalue weighted by atomic mass is 32.2. The van der Waals surface area contributed by atoms with Crippen molar-refractivity contribution in [3.05, 3.63) is 93.5 Å². The fourth-order valence-electron chi connectivity index (χ4n) is 4.04. The first-order valence-corrected chi connectivity index (χ1v) is 12.1. The Hall–Kier alpha value is -3.92. The second-order valence-electron chi connectivity index (χ2n) is 7.89. The number of sulfonamides is 1. The average molecular weight is 482 g/mol. The molecular formula is C24H23N3O6S. The van der Waals surface area contributed by atoms with Crippen molar-refractivity contribution < 1.29 is 22.9 Å². The summed E-state index contributed by atoms with van der Waals surface area (Å²) in [5.74, 6) is -0.259. The van der Waals surface area contributed by atoms with E-state index >= 15 is 0 Å². The Balaban J connectivity index is 1.57. The molecule has 3 aromatic rings. The fraction of sp³-hybridized carbons (Fsp3) is 0.208. The van der Waals surface area contributed by atoms with E-state index in [1.54, 1.807) is 0 Å². The summed E-state index contributed by atoms with van der Waals surface area (Å²) in [6.07, 6.45) is 2.71. The second-order valence-corrected chi connectivity index (χ2v) is 9.57. The van der Waals surface area contributed by atoms with Gasteiger partial charge in [0.25, 0.3) is 21.6 Å². The fourth-order valence-corrected chi connectivity index (χ4v) is 5.15. The molecule has 1 aliphatic rings. The molecule has 176 valence electrons. The number of anilines is 1. The smallest absolute Gasteiger partial charge is 0.271 e. The van der Waals surface area contributed by atoms with Crippen LogP contribution in [0.4, 0.5) is 11.4 Å². The van der Waals surface area contributed by atoms with Crippen LogP contribution in [0, 0.1) is 10.1 Å². The molecule has 9 nitrogen and oxygen atoms in total. The Bertz CT molecular complexity index is 1360. The number of nitro groups is 1. The highest BCUT2D eigenvalue weighted by Gasteiger charge is 2.24. The molecule has 0 unspecified atom stereocenters. The molecule has 34 heavy (non-hydrogen) atoms. The van der Waals surface area contributed by atoms with Crippen LogP contribution in [0.15, 0.2) is 71.6 Å². The quantitative estimate of drug-likeness (QED) is 0.384. The molecule has 0 saturated heterocycles. The number of hydrogen-bond acceptors (Lipinski definition) is 6. The average Bonchev–Trinajstić information content (AvgIpc) is 2.84. The molecule has 2 N–H and O–H groups in total. The molecule has 1 aliphatic carbocycles. The van der Waals surface area contributed by atoms with E-state index in [1.807, 2.05) is 18.2 Å². The molecule has 0 radical (unpaired) electrons. The third-order valence-electron chi connectivity index (χ3n) is 5.72. The van der Waals surface area contributed by atoms with Crippen LogP contribution in [0.3, 0.4) is 0 Å². The van der Waals surface area contributed by atoms with Gasteiger partial charge in [-0.3, -0.25) is 19.6 Å². The number of non-ortho nitro benzene ring substituents is 1. The number of nitrogens with one attached hydrogen (secondary N) is 2. The summed E-state index contributed by atoms with van der Waals surface area (Å²) in [6.45, 7) is 0. The molecule has 1 atom stereocenters. The standard InChI is InChI=1S/C24H23N3O6S/c1-33-23-13-12-18(27(29)30)15-22(23)26-34(31,32)19-9-4-8-17(14-19)24(28)25-21-11-5-7-16-6-2-3-10-20(16)21/h2-4,6,8-10,12-15,21,26H,5,7,11H2,1H3,(H,25,28)/t21-/m1/s1. The van der Waals surface area contributed by atoms with Crippen LogP contribution in [0.1, 0.15) is 40.4 Å². The van der Waals surface area contributed by atoms with Gasteiger partial charge in [-0.25, -0.2) is 8.42 Å². The summed E-state index contributed by atoms with van der Waals surface area (Å²) in [7, 11) is -2.83. The topological polar surface area (TPSA) is 128 Å². The van der Waals surface area contributed by atoms with Crippen LogP contribution in [0.25, 0.3) is 0 Å². The van der Waals surface area contributed by atoms with Gasteiger partial charge in [-0.15, -0.1) is 0 Å². The van der Waals surface area contributed by atoms with Crippen LogP contribution in [0.5, 0.6) is 5.75 Å². The van der Waals surface area contributed by atoms with E-state index in [0.29, 0.717) is 0 Å². The number of nitrogens with zero attached hydrogens (tertiary/aromatic N) is 1. The monoisotopic (exact) mass is 481 g/mol. The predicted molar refractivity (Wildman–Crippen MR) is 126 cm³/mol. The number of nitro benzene ring substituents is 1. The first kappa shape index (κ1) is 23.2. The van der Waals surface area contributed by atoms with E-state index in [0.717, 1.165) is 30.9 Å².